The van der Waals surface area contributed by atoms with E-state index in [2.05, 4.69) is 36.7 Å². The molecule has 0 saturated heterocycles. The Hall–Kier alpha value is -1.07. The molecule has 1 rings (SSSR count). The highest BCUT2D eigenvalue weighted by Gasteiger charge is 2.22. The third-order valence-corrected chi connectivity index (χ3v) is 3.65. The first-order valence-corrected chi connectivity index (χ1v) is 7.40. The molecule has 0 aromatic heterocycles. The van der Waals surface area contributed by atoms with Gasteiger partial charge in [0.15, 0.2) is 0 Å². The van der Waals surface area contributed by atoms with Crippen LogP contribution in [-0.4, -0.2) is 17.7 Å². The SMILES string of the molecule is CCOC(=O)CC(N)c1cc(C(C)(C)C)cc(Br)c1O. The molecule has 112 valence electrons. The number of benzene rings is 1. The van der Waals surface area contributed by atoms with Crippen LogP contribution in [0.25, 0.3) is 0 Å². The Morgan fingerprint density at radius 2 is 2.05 bits per heavy atom. The average molecular weight is 344 g/mol. The van der Waals surface area contributed by atoms with Crippen molar-refractivity contribution >= 4 is 21.9 Å². The molecule has 4 nitrogen and oxygen atoms in total. The van der Waals surface area contributed by atoms with Gasteiger partial charge in [-0.1, -0.05) is 20.8 Å². The zero-order valence-corrected chi connectivity index (χ0v) is 14.0. The number of phenolic OH excluding ortho intramolecular Hbond substituents is 1. The number of aromatic hydroxyl groups is 1. The fraction of sp³-hybridized carbons (Fsp3) is 0.533. The summed E-state index contributed by atoms with van der Waals surface area (Å²) in [5.74, 6) is -0.286. The van der Waals surface area contributed by atoms with Gasteiger partial charge in [0.25, 0.3) is 0 Å². The first-order chi connectivity index (χ1) is 9.16. The standard InChI is InChI=1S/C15H22BrNO3/c1-5-20-13(18)8-12(17)10-6-9(15(2,3)4)7-11(16)14(10)19/h6-7,12,19H,5,8,17H2,1-4H3. The number of rotatable bonds is 4. The molecule has 1 atom stereocenters. The van der Waals surface area contributed by atoms with Crippen LogP contribution in [-0.2, 0) is 14.9 Å². The van der Waals surface area contributed by atoms with E-state index in [1.165, 1.54) is 0 Å². The molecule has 1 aromatic rings. The number of carbonyl (C=O) groups excluding carboxylic acids is 1. The summed E-state index contributed by atoms with van der Waals surface area (Å²) in [6.07, 6.45) is 0.0431. The van der Waals surface area contributed by atoms with Crippen molar-refractivity contribution in [2.75, 3.05) is 6.61 Å². The first-order valence-electron chi connectivity index (χ1n) is 6.61. The number of nitrogens with two attached hydrogens (primary N) is 1. The lowest BCUT2D eigenvalue weighted by Crippen LogP contribution is -2.19. The molecule has 0 aliphatic rings. The number of hydrogen-bond acceptors (Lipinski definition) is 4. The molecule has 1 unspecified atom stereocenters. The van der Waals surface area contributed by atoms with Gasteiger partial charge in [0.05, 0.1) is 17.5 Å². The molecular formula is C15H22BrNO3. The van der Waals surface area contributed by atoms with Gasteiger partial charge < -0.3 is 15.6 Å². The summed E-state index contributed by atoms with van der Waals surface area (Å²) in [4.78, 5) is 11.5. The summed E-state index contributed by atoms with van der Waals surface area (Å²) in [6, 6.07) is 3.13. The molecule has 0 bridgehead atoms. The molecule has 3 N–H and O–H groups in total. The minimum atomic E-state index is -0.590. The predicted molar refractivity (Wildman–Crippen MR) is 82.7 cm³/mol. The van der Waals surface area contributed by atoms with Gasteiger partial charge in [-0.05, 0) is 46.0 Å². The molecule has 0 spiro atoms. The second kappa shape index (κ2) is 6.59. The van der Waals surface area contributed by atoms with Crippen LogP contribution < -0.4 is 5.73 Å². The van der Waals surface area contributed by atoms with Gasteiger partial charge in [-0.2, -0.15) is 0 Å². The van der Waals surface area contributed by atoms with E-state index in [1.807, 2.05) is 12.1 Å². The van der Waals surface area contributed by atoms with Gasteiger partial charge in [0, 0.05) is 11.6 Å². The van der Waals surface area contributed by atoms with Gasteiger partial charge in [-0.25, -0.2) is 0 Å². The molecule has 0 fully saturated rings. The van der Waals surface area contributed by atoms with E-state index < -0.39 is 6.04 Å². The number of phenols is 1. The van der Waals surface area contributed by atoms with Crippen LogP contribution in [0.1, 0.15) is 51.3 Å². The molecule has 0 heterocycles. The highest BCUT2D eigenvalue weighted by atomic mass is 79.9. The van der Waals surface area contributed by atoms with E-state index >= 15 is 0 Å². The van der Waals surface area contributed by atoms with Gasteiger partial charge >= 0.3 is 5.97 Å². The molecule has 0 radical (unpaired) electrons. The van der Waals surface area contributed by atoms with Crippen LogP contribution >= 0.6 is 15.9 Å². The van der Waals surface area contributed by atoms with E-state index in [0.29, 0.717) is 16.6 Å². The van der Waals surface area contributed by atoms with Crippen molar-refractivity contribution in [2.45, 2.75) is 45.6 Å². The van der Waals surface area contributed by atoms with Crippen molar-refractivity contribution in [1.29, 1.82) is 0 Å². The van der Waals surface area contributed by atoms with Crippen LogP contribution in [0.2, 0.25) is 0 Å². The summed E-state index contributed by atoms with van der Waals surface area (Å²) in [5, 5.41) is 10.1. The van der Waals surface area contributed by atoms with Crippen molar-refractivity contribution < 1.29 is 14.6 Å². The zero-order valence-electron chi connectivity index (χ0n) is 12.4. The van der Waals surface area contributed by atoms with E-state index in [0.717, 1.165) is 5.56 Å². The van der Waals surface area contributed by atoms with Gasteiger partial charge in [-0.15, -0.1) is 0 Å². The van der Waals surface area contributed by atoms with E-state index in [4.69, 9.17) is 10.5 Å². The molecule has 0 saturated carbocycles. The fourth-order valence-corrected chi connectivity index (χ4v) is 2.32. The van der Waals surface area contributed by atoms with Gasteiger partial charge in [0.2, 0.25) is 0 Å². The van der Waals surface area contributed by atoms with E-state index in [9.17, 15) is 9.90 Å². The van der Waals surface area contributed by atoms with Crippen LogP contribution in [0, 0.1) is 0 Å². The Labute approximate surface area is 128 Å². The molecule has 1 aromatic carbocycles. The monoisotopic (exact) mass is 343 g/mol. The van der Waals surface area contributed by atoms with Crippen molar-refractivity contribution in [2.24, 2.45) is 5.73 Å². The quantitative estimate of drug-likeness (QED) is 0.821. The Morgan fingerprint density at radius 3 is 2.55 bits per heavy atom. The number of hydrogen-bond donors (Lipinski definition) is 2. The van der Waals surface area contributed by atoms with Crippen molar-refractivity contribution in [1.82, 2.24) is 0 Å². The summed E-state index contributed by atoms with van der Waals surface area (Å²) in [5.41, 5.74) is 7.54. The van der Waals surface area contributed by atoms with E-state index in [1.54, 1.807) is 6.92 Å². The third-order valence-electron chi connectivity index (χ3n) is 3.05. The molecular weight excluding hydrogens is 322 g/mol. The number of esters is 1. The summed E-state index contributed by atoms with van der Waals surface area (Å²) in [6.45, 7) is 8.30. The minimum Gasteiger partial charge on any atom is -0.506 e. The summed E-state index contributed by atoms with van der Waals surface area (Å²) < 4.78 is 5.47. The lowest BCUT2D eigenvalue weighted by molar-refractivity contribution is -0.143. The Balaban J connectivity index is 3.10. The third kappa shape index (κ3) is 4.21. The molecule has 5 heteroatoms. The minimum absolute atomic E-state index is 0.0431. The largest absolute Gasteiger partial charge is 0.506 e. The first kappa shape index (κ1) is 17.0. The molecule has 20 heavy (non-hydrogen) atoms. The molecule has 0 amide bonds. The summed E-state index contributed by atoms with van der Waals surface area (Å²) in [7, 11) is 0. The van der Waals surface area contributed by atoms with Gasteiger partial charge in [0.1, 0.15) is 5.75 Å². The Kier molecular flexibility index (Phi) is 5.59. The van der Waals surface area contributed by atoms with E-state index in [-0.39, 0.29) is 23.6 Å². The van der Waals surface area contributed by atoms with Crippen LogP contribution in [0.4, 0.5) is 0 Å². The number of ether oxygens (including phenoxy) is 1. The van der Waals surface area contributed by atoms with Gasteiger partial charge in [-0.3, -0.25) is 4.79 Å². The highest BCUT2D eigenvalue weighted by Crippen LogP contribution is 2.37. The van der Waals surface area contributed by atoms with Crippen LogP contribution in [0.15, 0.2) is 16.6 Å². The predicted octanol–water partition coefficient (Wildman–Crippen LogP) is 3.41. The average Bonchev–Trinajstić information content (AvgIpc) is 2.31. The fourth-order valence-electron chi connectivity index (χ4n) is 1.85. The maximum Gasteiger partial charge on any atom is 0.307 e. The zero-order chi connectivity index (χ0) is 15.5. The lowest BCUT2D eigenvalue weighted by atomic mass is 9.85. The molecule has 0 aliphatic carbocycles. The second-order valence-electron chi connectivity index (χ2n) is 5.76. The second-order valence-corrected chi connectivity index (χ2v) is 6.62. The maximum atomic E-state index is 11.5. The Bertz CT molecular complexity index is 495. The van der Waals surface area contributed by atoms with Crippen molar-refractivity contribution in [3.05, 3.63) is 27.7 Å². The maximum absolute atomic E-state index is 11.5. The number of halogens is 1. The van der Waals surface area contributed by atoms with Crippen molar-refractivity contribution in [3.8, 4) is 5.75 Å². The lowest BCUT2D eigenvalue weighted by Gasteiger charge is -2.23. The van der Waals surface area contributed by atoms with Crippen LogP contribution in [0.3, 0.4) is 0 Å². The summed E-state index contributed by atoms with van der Waals surface area (Å²) >= 11 is 3.33. The van der Waals surface area contributed by atoms with Crippen molar-refractivity contribution in [3.63, 3.8) is 0 Å². The topological polar surface area (TPSA) is 72.5 Å². The normalized spacial score (nSPS) is 13.1. The number of carbonyl (C=O) groups is 1. The van der Waals surface area contributed by atoms with Crippen LogP contribution in [0.5, 0.6) is 5.75 Å². The highest BCUT2D eigenvalue weighted by molar-refractivity contribution is 9.10. The Morgan fingerprint density at radius 1 is 1.45 bits per heavy atom. The smallest absolute Gasteiger partial charge is 0.307 e. The molecule has 0 aliphatic heterocycles.